The van der Waals surface area contributed by atoms with E-state index >= 15 is 0 Å². The number of halogens is 2. The summed E-state index contributed by atoms with van der Waals surface area (Å²) in [4.78, 5) is 29.7. The molecule has 2 amide bonds. The number of nitrogens with one attached hydrogen (secondary N) is 1. The molecule has 0 radical (unpaired) electrons. The number of hydrogen-bond donors (Lipinski definition) is 1. The van der Waals surface area contributed by atoms with E-state index in [1.54, 1.807) is 12.1 Å². The SMILES string of the molecule is CCCNC(=O)C(Cc1ccccc1)N(Cc1ccc(C)cc1)C(=O)CN(c1ccc(Cl)c(Cl)c1)S(=O)(=O)c1ccc(C)cc1. The Kier molecular flexibility index (Phi) is 11.7. The molecule has 4 aromatic rings. The lowest BCUT2D eigenvalue weighted by molar-refractivity contribution is -0.140. The molecular weight excluding hydrogens is 629 g/mol. The highest BCUT2D eigenvalue weighted by Gasteiger charge is 2.34. The molecule has 0 saturated heterocycles. The second kappa shape index (κ2) is 15.4. The zero-order chi connectivity index (χ0) is 32.6. The van der Waals surface area contributed by atoms with Crippen molar-refractivity contribution in [1.29, 1.82) is 0 Å². The number of hydrogen-bond acceptors (Lipinski definition) is 4. The summed E-state index contributed by atoms with van der Waals surface area (Å²) in [6, 6.07) is 27.0. The van der Waals surface area contributed by atoms with Crippen molar-refractivity contribution in [1.82, 2.24) is 10.2 Å². The molecule has 0 bridgehead atoms. The number of anilines is 1. The number of rotatable bonds is 13. The molecule has 4 rings (SSSR count). The smallest absolute Gasteiger partial charge is 0.264 e. The highest BCUT2D eigenvalue weighted by molar-refractivity contribution is 7.92. The van der Waals surface area contributed by atoms with E-state index in [-0.39, 0.29) is 39.5 Å². The van der Waals surface area contributed by atoms with Gasteiger partial charge in [0.2, 0.25) is 11.8 Å². The molecule has 0 heterocycles. The van der Waals surface area contributed by atoms with Crippen LogP contribution in [0.2, 0.25) is 10.0 Å². The summed E-state index contributed by atoms with van der Waals surface area (Å²) in [6.45, 7) is 5.73. The van der Waals surface area contributed by atoms with Crippen LogP contribution in [0.5, 0.6) is 0 Å². The van der Waals surface area contributed by atoms with Gasteiger partial charge < -0.3 is 10.2 Å². The molecule has 0 aliphatic carbocycles. The van der Waals surface area contributed by atoms with Crippen LogP contribution in [0.15, 0.2) is 102 Å². The van der Waals surface area contributed by atoms with Crippen LogP contribution in [0, 0.1) is 13.8 Å². The Morgan fingerprint density at radius 3 is 2.02 bits per heavy atom. The van der Waals surface area contributed by atoms with E-state index in [0.29, 0.717) is 6.54 Å². The van der Waals surface area contributed by atoms with Crippen LogP contribution in [-0.4, -0.2) is 44.3 Å². The van der Waals surface area contributed by atoms with Gasteiger partial charge in [0.15, 0.2) is 0 Å². The van der Waals surface area contributed by atoms with E-state index < -0.39 is 28.5 Å². The fourth-order valence-corrected chi connectivity index (χ4v) is 6.51. The molecule has 0 spiro atoms. The van der Waals surface area contributed by atoms with Gasteiger partial charge in [0.1, 0.15) is 12.6 Å². The van der Waals surface area contributed by atoms with E-state index in [0.717, 1.165) is 33.0 Å². The maximum Gasteiger partial charge on any atom is 0.264 e. The quantitative estimate of drug-likeness (QED) is 0.167. The first kappa shape index (κ1) is 34.0. The topological polar surface area (TPSA) is 86.8 Å². The Bertz CT molecular complexity index is 1710. The lowest BCUT2D eigenvalue weighted by atomic mass is 10.0. The maximum atomic E-state index is 14.5. The van der Waals surface area contributed by atoms with Gasteiger partial charge in [-0.25, -0.2) is 8.42 Å². The predicted octanol–water partition coefficient (Wildman–Crippen LogP) is 6.97. The van der Waals surface area contributed by atoms with Crippen molar-refractivity contribution in [3.05, 3.63) is 129 Å². The number of amides is 2. The van der Waals surface area contributed by atoms with E-state index in [1.807, 2.05) is 75.4 Å². The van der Waals surface area contributed by atoms with Crippen molar-refractivity contribution in [3.63, 3.8) is 0 Å². The summed E-state index contributed by atoms with van der Waals surface area (Å²) in [5.74, 6) is -0.867. The first-order chi connectivity index (χ1) is 21.5. The average Bonchev–Trinajstić information content (AvgIpc) is 3.03. The zero-order valence-corrected chi connectivity index (χ0v) is 27.9. The number of nitrogens with zero attached hydrogens (tertiary/aromatic N) is 2. The fourth-order valence-electron chi connectivity index (χ4n) is 4.82. The van der Waals surface area contributed by atoms with Crippen molar-refractivity contribution in [2.75, 3.05) is 17.4 Å². The maximum absolute atomic E-state index is 14.5. The van der Waals surface area contributed by atoms with Gasteiger partial charge in [0.25, 0.3) is 10.0 Å². The molecule has 0 aliphatic rings. The van der Waals surface area contributed by atoms with Crippen molar-refractivity contribution in [2.24, 2.45) is 0 Å². The first-order valence-electron chi connectivity index (χ1n) is 14.7. The third-order valence-electron chi connectivity index (χ3n) is 7.37. The summed E-state index contributed by atoms with van der Waals surface area (Å²) in [5, 5.41) is 3.33. The minimum absolute atomic E-state index is 0.0126. The second-order valence-electron chi connectivity index (χ2n) is 10.9. The van der Waals surface area contributed by atoms with Gasteiger partial charge in [-0.05, 0) is 61.7 Å². The van der Waals surface area contributed by atoms with Crippen molar-refractivity contribution >= 4 is 50.7 Å². The molecule has 0 fully saturated rings. The monoisotopic (exact) mass is 665 g/mol. The Morgan fingerprint density at radius 1 is 0.800 bits per heavy atom. The van der Waals surface area contributed by atoms with Gasteiger partial charge in [-0.3, -0.25) is 13.9 Å². The summed E-state index contributed by atoms with van der Waals surface area (Å²) < 4.78 is 29.3. The molecule has 10 heteroatoms. The Balaban J connectivity index is 1.81. The number of benzene rings is 4. The number of carbonyl (C=O) groups is 2. The lowest BCUT2D eigenvalue weighted by Crippen LogP contribution is -2.53. The van der Waals surface area contributed by atoms with Gasteiger partial charge >= 0.3 is 0 Å². The summed E-state index contributed by atoms with van der Waals surface area (Å²) in [6.07, 6.45) is 0.959. The summed E-state index contributed by atoms with van der Waals surface area (Å²) >= 11 is 12.5. The number of sulfonamides is 1. The van der Waals surface area contributed by atoms with Crippen LogP contribution in [0.25, 0.3) is 0 Å². The molecule has 4 aromatic carbocycles. The molecule has 1 unspecified atom stereocenters. The molecule has 45 heavy (non-hydrogen) atoms. The molecule has 0 aromatic heterocycles. The molecule has 1 N–H and O–H groups in total. The number of carbonyl (C=O) groups excluding carboxylic acids is 2. The molecule has 236 valence electrons. The highest BCUT2D eigenvalue weighted by Crippen LogP contribution is 2.31. The molecule has 7 nitrogen and oxygen atoms in total. The van der Waals surface area contributed by atoms with Crippen LogP contribution in [-0.2, 0) is 32.6 Å². The third kappa shape index (κ3) is 8.87. The normalized spacial score (nSPS) is 11.9. The fraction of sp³-hybridized carbons (Fsp3) is 0.257. The Labute approximate surface area is 275 Å². The second-order valence-corrected chi connectivity index (χ2v) is 13.6. The Hall–Kier alpha value is -3.85. The van der Waals surface area contributed by atoms with Crippen LogP contribution < -0.4 is 9.62 Å². The van der Waals surface area contributed by atoms with Crippen LogP contribution in [0.4, 0.5) is 5.69 Å². The van der Waals surface area contributed by atoms with E-state index in [9.17, 15) is 18.0 Å². The molecule has 0 aliphatic heterocycles. The van der Waals surface area contributed by atoms with Crippen LogP contribution in [0.1, 0.15) is 35.6 Å². The van der Waals surface area contributed by atoms with Gasteiger partial charge in [-0.15, -0.1) is 0 Å². The first-order valence-corrected chi connectivity index (χ1v) is 16.9. The highest BCUT2D eigenvalue weighted by atomic mass is 35.5. The minimum Gasteiger partial charge on any atom is -0.354 e. The van der Waals surface area contributed by atoms with Crippen LogP contribution >= 0.6 is 23.2 Å². The van der Waals surface area contributed by atoms with E-state index in [1.165, 1.54) is 35.2 Å². The number of aryl methyl sites for hydroxylation is 2. The van der Waals surface area contributed by atoms with Gasteiger partial charge in [0, 0.05) is 19.5 Å². The van der Waals surface area contributed by atoms with E-state index in [2.05, 4.69) is 5.32 Å². The molecule has 0 saturated carbocycles. The average molecular weight is 667 g/mol. The zero-order valence-electron chi connectivity index (χ0n) is 25.5. The van der Waals surface area contributed by atoms with Crippen LogP contribution in [0.3, 0.4) is 0 Å². The van der Waals surface area contributed by atoms with Crippen molar-refractivity contribution < 1.29 is 18.0 Å². The summed E-state index contributed by atoms with van der Waals surface area (Å²) in [5.41, 5.74) is 3.77. The lowest BCUT2D eigenvalue weighted by Gasteiger charge is -2.34. The van der Waals surface area contributed by atoms with Gasteiger partial charge in [0.05, 0.1) is 20.6 Å². The Morgan fingerprint density at radius 2 is 1.42 bits per heavy atom. The standard InChI is InChI=1S/C35H37Cl2N3O4S/c1-4-20-38-35(42)33(21-27-8-6-5-7-9-27)39(23-28-14-10-25(2)11-15-28)34(41)24-40(29-16-19-31(36)32(37)22-29)45(43,44)30-17-12-26(3)13-18-30/h5-19,22,33H,4,20-21,23-24H2,1-3H3,(H,38,42). The minimum atomic E-state index is -4.24. The third-order valence-corrected chi connectivity index (χ3v) is 9.90. The molecule has 1 atom stereocenters. The largest absolute Gasteiger partial charge is 0.354 e. The van der Waals surface area contributed by atoms with Crippen molar-refractivity contribution in [3.8, 4) is 0 Å². The van der Waals surface area contributed by atoms with Gasteiger partial charge in [-0.1, -0.05) is 108 Å². The van der Waals surface area contributed by atoms with E-state index in [4.69, 9.17) is 23.2 Å². The predicted molar refractivity (Wildman–Crippen MR) is 181 cm³/mol. The van der Waals surface area contributed by atoms with Gasteiger partial charge in [-0.2, -0.15) is 0 Å². The molecular formula is C35H37Cl2N3O4S. The summed E-state index contributed by atoms with van der Waals surface area (Å²) in [7, 11) is -4.24. The van der Waals surface area contributed by atoms with Crippen molar-refractivity contribution in [2.45, 2.75) is 51.1 Å².